The molecule has 184 valence electrons. The van der Waals surface area contributed by atoms with Gasteiger partial charge >= 0.3 is 0 Å². The normalized spacial score (nSPS) is 21.8. The molecule has 0 atom stereocenters. The van der Waals surface area contributed by atoms with Crippen molar-refractivity contribution >= 4 is 28.0 Å². The molecular weight excluding hydrogens is 440 g/mol. The van der Waals surface area contributed by atoms with Gasteiger partial charge in [-0.15, -0.1) is 0 Å². The Morgan fingerprint density at radius 2 is 1.89 bits per heavy atom. The summed E-state index contributed by atoms with van der Waals surface area (Å²) < 4.78 is 7.77. The molecule has 1 saturated heterocycles. The fourth-order valence-corrected chi connectivity index (χ4v) is 5.91. The minimum absolute atomic E-state index is 0.313. The number of nitrogens with one attached hydrogen (secondary N) is 2. The van der Waals surface area contributed by atoms with Crippen molar-refractivity contribution in [1.82, 2.24) is 34.4 Å². The summed E-state index contributed by atoms with van der Waals surface area (Å²) in [4.78, 5) is 24.5. The number of aromatic amines is 1. The van der Waals surface area contributed by atoms with Crippen LogP contribution < -0.4 is 5.32 Å². The molecule has 1 aliphatic heterocycles. The number of aryl methyl sites for hydroxylation is 1. The number of nitrogens with zero attached hydrogens (tertiary/aromatic N) is 6. The number of anilines is 1. The molecule has 9 nitrogen and oxygen atoms in total. The van der Waals surface area contributed by atoms with Gasteiger partial charge in [-0.25, -0.2) is 19.9 Å². The van der Waals surface area contributed by atoms with Gasteiger partial charge in [-0.2, -0.15) is 0 Å². The lowest BCUT2D eigenvalue weighted by molar-refractivity contribution is 0.00791. The van der Waals surface area contributed by atoms with Crippen LogP contribution in [-0.4, -0.2) is 72.8 Å². The van der Waals surface area contributed by atoms with E-state index in [2.05, 4.69) is 59.6 Å². The van der Waals surface area contributed by atoms with E-state index in [1.165, 1.54) is 12.8 Å². The van der Waals surface area contributed by atoms with E-state index in [9.17, 15) is 0 Å². The Hall–Kier alpha value is -3.04. The highest BCUT2D eigenvalue weighted by Gasteiger charge is 2.27. The minimum atomic E-state index is 0.313. The number of ether oxygens (including phenoxy) is 1. The first kappa shape index (κ1) is 22.4. The van der Waals surface area contributed by atoms with E-state index in [4.69, 9.17) is 4.74 Å². The zero-order valence-corrected chi connectivity index (χ0v) is 20.8. The highest BCUT2D eigenvalue weighted by Crippen LogP contribution is 2.35. The Labute approximate surface area is 205 Å². The molecule has 35 heavy (non-hydrogen) atoms. The van der Waals surface area contributed by atoms with Crippen LogP contribution in [0.4, 0.5) is 5.82 Å². The van der Waals surface area contributed by atoms with Gasteiger partial charge in [0.15, 0.2) is 5.65 Å². The molecule has 4 aromatic rings. The fraction of sp³-hybridized carbons (Fsp3) is 0.538. The van der Waals surface area contributed by atoms with Crippen LogP contribution in [0, 0.1) is 6.92 Å². The number of hydrogen-bond acceptors (Lipinski definition) is 7. The molecule has 0 amide bonds. The van der Waals surface area contributed by atoms with Crippen LogP contribution in [0.25, 0.3) is 33.3 Å². The molecule has 5 heterocycles. The van der Waals surface area contributed by atoms with Crippen LogP contribution in [-0.2, 0) is 4.74 Å². The standard InChI is InChI=1S/C26H34N8O/c1-16(2)34-17(3)31-24-22(34)12-18(13-27-24)21-14-28-25-23(21)26(30-15-29-25)32-19-4-6-20(7-5-19)33-8-10-35-11-9-33/h12-16,19-20H,4-11H2,1-3H3,(H2,28,29,30,32)/t19-,20-. The summed E-state index contributed by atoms with van der Waals surface area (Å²) in [7, 11) is 0. The lowest BCUT2D eigenvalue weighted by Gasteiger charge is -2.39. The fourth-order valence-electron chi connectivity index (χ4n) is 5.91. The first-order chi connectivity index (χ1) is 17.1. The van der Waals surface area contributed by atoms with Crippen molar-refractivity contribution in [2.75, 3.05) is 31.6 Å². The molecule has 2 aliphatic rings. The molecule has 2 fully saturated rings. The van der Waals surface area contributed by atoms with Crippen LogP contribution >= 0.6 is 0 Å². The molecule has 2 N–H and O–H groups in total. The molecule has 1 saturated carbocycles. The second kappa shape index (κ2) is 9.20. The summed E-state index contributed by atoms with van der Waals surface area (Å²) in [5.41, 5.74) is 4.78. The number of fused-ring (bicyclic) bond motifs is 2. The summed E-state index contributed by atoms with van der Waals surface area (Å²) >= 11 is 0. The van der Waals surface area contributed by atoms with Crippen molar-refractivity contribution in [3.63, 3.8) is 0 Å². The average Bonchev–Trinajstić information content (AvgIpc) is 3.45. The van der Waals surface area contributed by atoms with Crippen molar-refractivity contribution in [3.8, 4) is 11.1 Å². The number of imidazole rings is 1. The first-order valence-corrected chi connectivity index (χ1v) is 12.8. The van der Waals surface area contributed by atoms with Gasteiger partial charge in [-0.05, 0) is 52.5 Å². The van der Waals surface area contributed by atoms with E-state index in [-0.39, 0.29) is 0 Å². The molecule has 4 aromatic heterocycles. The van der Waals surface area contributed by atoms with Crippen LogP contribution in [0.15, 0.2) is 24.8 Å². The molecule has 1 aliphatic carbocycles. The summed E-state index contributed by atoms with van der Waals surface area (Å²) in [6.45, 7) is 10.3. The van der Waals surface area contributed by atoms with Crippen molar-refractivity contribution in [2.45, 2.75) is 64.6 Å². The monoisotopic (exact) mass is 474 g/mol. The first-order valence-electron chi connectivity index (χ1n) is 12.8. The molecule has 0 spiro atoms. The maximum atomic E-state index is 5.53. The van der Waals surface area contributed by atoms with Gasteiger partial charge in [0.2, 0.25) is 0 Å². The Balaban J connectivity index is 1.28. The number of morpholine rings is 1. The van der Waals surface area contributed by atoms with E-state index in [1.807, 2.05) is 19.3 Å². The summed E-state index contributed by atoms with van der Waals surface area (Å²) in [5, 5.41) is 4.79. The van der Waals surface area contributed by atoms with Gasteiger partial charge in [-0.3, -0.25) is 4.90 Å². The zero-order valence-electron chi connectivity index (χ0n) is 20.8. The van der Waals surface area contributed by atoms with E-state index in [1.54, 1.807) is 6.33 Å². The van der Waals surface area contributed by atoms with E-state index >= 15 is 0 Å². The molecule has 9 heteroatoms. The van der Waals surface area contributed by atoms with Gasteiger partial charge in [-0.1, -0.05) is 0 Å². The molecule has 0 bridgehead atoms. The summed E-state index contributed by atoms with van der Waals surface area (Å²) in [6.07, 6.45) is 10.3. The van der Waals surface area contributed by atoms with Gasteiger partial charge in [0, 0.05) is 54.7 Å². The Bertz CT molecular complexity index is 1330. The smallest absolute Gasteiger partial charge is 0.177 e. The maximum absolute atomic E-state index is 5.53. The second-order valence-electron chi connectivity index (χ2n) is 10.1. The predicted octanol–water partition coefficient (Wildman–Crippen LogP) is 4.31. The SMILES string of the molecule is Cc1nc2ncc(-c3c[nH]c4ncnc(N[C@H]5CC[C@H](N6CCOCC6)CC5)c34)cc2n1C(C)C. The third kappa shape index (κ3) is 4.16. The summed E-state index contributed by atoms with van der Waals surface area (Å²) in [5.74, 6) is 1.88. The average molecular weight is 475 g/mol. The number of pyridine rings is 1. The largest absolute Gasteiger partial charge is 0.379 e. The number of H-pyrrole nitrogens is 1. The topological polar surface area (TPSA) is 96.8 Å². The number of hydrogen-bond donors (Lipinski definition) is 2. The van der Waals surface area contributed by atoms with Crippen molar-refractivity contribution in [1.29, 1.82) is 0 Å². The van der Waals surface area contributed by atoms with Crippen molar-refractivity contribution in [3.05, 3.63) is 30.6 Å². The van der Waals surface area contributed by atoms with E-state index < -0.39 is 0 Å². The Kier molecular flexibility index (Phi) is 5.89. The van der Waals surface area contributed by atoms with Crippen LogP contribution in [0.5, 0.6) is 0 Å². The molecule has 0 radical (unpaired) electrons. The molecule has 0 unspecified atom stereocenters. The Morgan fingerprint density at radius 1 is 1.09 bits per heavy atom. The number of rotatable bonds is 5. The minimum Gasteiger partial charge on any atom is -0.379 e. The Morgan fingerprint density at radius 3 is 2.66 bits per heavy atom. The molecule has 6 rings (SSSR count). The van der Waals surface area contributed by atoms with E-state index in [0.29, 0.717) is 18.1 Å². The third-order valence-corrected chi connectivity index (χ3v) is 7.62. The maximum Gasteiger partial charge on any atom is 0.177 e. The lowest BCUT2D eigenvalue weighted by atomic mass is 9.90. The van der Waals surface area contributed by atoms with Gasteiger partial charge in [0.1, 0.15) is 23.6 Å². The molecule has 0 aromatic carbocycles. The van der Waals surface area contributed by atoms with Crippen LogP contribution in [0.3, 0.4) is 0 Å². The van der Waals surface area contributed by atoms with Crippen LogP contribution in [0.1, 0.15) is 51.4 Å². The third-order valence-electron chi connectivity index (χ3n) is 7.62. The van der Waals surface area contributed by atoms with Crippen LogP contribution in [0.2, 0.25) is 0 Å². The van der Waals surface area contributed by atoms with Gasteiger partial charge < -0.3 is 19.6 Å². The van der Waals surface area contributed by atoms with Gasteiger partial charge in [0.05, 0.1) is 24.1 Å². The second-order valence-corrected chi connectivity index (χ2v) is 10.1. The summed E-state index contributed by atoms with van der Waals surface area (Å²) in [6, 6.07) is 3.60. The van der Waals surface area contributed by atoms with E-state index in [0.717, 1.165) is 84.1 Å². The van der Waals surface area contributed by atoms with Crippen molar-refractivity contribution in [2.24, 2.45) is 0 Å². The predicted molar refractivity (Wildman–Crippen MR) is 138 cm³/mol. The highest BCUT2D eigenvalue weighted by molar-refractivity contribution is 6.01. The zero-order chi connectivity index (χ0) is 23.9. The van der Waals surface area contributed by atoms with Crippen molar-refractivity contribution < 1.29 is 4.74 Å². The quantitative estimate of drug-likeness (QED) is 0.445. The number of aromatic nitrogens is 6. The molecular formula is C26H34N8O. The lowest BCUT2D eigenvalue weighted by Crippen LogP contribution is -2.46. The van der Waals surface area contributed by atoms with Gasteiger partial charge in [0.25, 0.3) is 0 Å². The highest BCUT2D eigenvalue weighted by atomic mass is 16.5.